The molecule has 100 valence electrons. The standard InChI is InChI=1S/C17H17BO2/c1-12-4-5-14(8-13(12)2)6-7-15-9-16(19-3)11-17(10-15)20-18/h4-11H,1-3H3/b7-6+. The van der Waals surface area contributed by atoms with Crippen LogP contribution in [0.15, 0.2) is 36.4 Å². The van der Waals surface area contributed by atoms with Gasteiger partial charge in [-0.3, -0.25) is 0 Å². The second-order valence-corrected chi connectivity index (χ2v) is 4.74. The Hall–Kier alpha value is -2.16. The lowest BCUT2D eigenvalue weighted by molar-refractivity contribution is 0.412. The summed E-state index contributed by atoms with van der Waals surface area (Å²) in [4.78, 5) is 0. The van der Waals surface area contributed by atoms with Crippen molar-refractivity contribution < 1.29 is 9.39 Å². The van der Waals surface area contributed by atoms with E-state index in [1.807, 2.05) is 18.2 Å². The molecular formula is C17H17BO2. The van der Waals surface area contributed by atoms with Gasteiger partial charge >= 0.3 is 8.05 Å². The lowest BCUT2D eigenvalue weighted by atomic mass is 10.1. The molecule has 20 heavy (non-hydrogen) atoms. The van der Waals surface area contributed by atoms with Gasteiger partial charge in [0.25, 0.3) is 0 Å². The van der Waals surface area contributed by atoms with E-state index < -0.39 is 0 Å². The third kappa shape index (κ3) is 3.44. The second kappa shape index (κ2) is 6.33. The molecule has 3 heteroatoms. The first kappa shape index (κ1) is 14.3. The molecule has 0 aliphatic carbocycles. The Morgan fingerprint density at radius 1 is 0.850 bits per heavy atom. The van der Waals surface area contributed by atoms with Crippen molar-refractivity contribution in [2.75, 3.05) is 7.11 Å². The maximum atomic E-state index is 5.21. The fourth-order valence-corrected chi connectivity index (χ4v) is 1.94. The van der Waals surface area contributed by atoms with Crippen molar-refractivity contribution in [3.63, 3.8) is 0 Å². The third-order valence-corrected chi connectivity index (χ3v) is 3.27. The minimum atomic E-state index is 0.573. The molecule has 0 atom stereocenters. The van der Waals surface area contributed by atoms with Crippen molar-refractivity contribution >= 4 is 20.2 Å². The Morgan fingerprint density at radius 2 is 1.55 bits per heavy atom. The molecule has 0 saturated heterocycles. The molecule has 2 aromatic carbocycles. The van der Waals surface area contributed by atoms with E-state index in [0.29, 0.717) is 11.5 Å². The zero-order valence-corrected chi connectivity index (χ0v) is 12.0. The van der Waals surface area contributed by atoms with Crippen LogP contribution in [0.1, 0.15) is 22.3 Å². The van der Waals surface area contributed by atoms with Crippen molar-refractivity contribution in [1.82, 2.24) is 0 Å². The van der Waals surface area contributed by atoms with Gasteiger partial charge in [-0.25, -0.2) is 0 Å². The molecule has 2 radical (unpaired) electrons. The first-order chi connectivity index (χ1) is 9.62. The molecule has 0 aliphatic heterocycles. The van der Waals surface area contributed by atoms with Gasteiger partial charge in [-0.15, -0.1) is 0 Å². The fourth-order valence-electron chi connectivity index (χ4n) is 1.94. The van der Waals surface area contributed by atoms with Crippen LogP contribution in [0.25, 0.3) is 12.2 Å². The summed E-state index contributed by atoms with van der Waals surface area (Å²) in [7, 11) is 6.82. The topological polar surface area (TPSA) is 18.5 Å². The number of aryl methyl sites for hydroxylation is 2. The van der Waals surface area contributed by atoms with Gasteiger partial charge < -0.3 is 9.39 Å². The Balaban J connectivity index is 2.28. The zero-order chi connectivity index (χ0) is 14.5. The van der Waals surface area contributed by atoms with Gasteiger partial charge in [-0.05, 0) is 48.2 Å². The van der Waals surface area contributed by atoms with Gasteiger partial charge in [0.05, 0.1) is 7.11 Å². The average molecular weight is 264 g/mol. The van der Waals surface area contributed by atoms with Crippen LogP contribution in [-0.4, -0.2) is 15.2 Å². The van der Waals surface area contributed by atoms with Crippen LogP contribution in [0.3, 0.4) is 0 Å². The third-order valence-electron chi connectivity index (χ3n) is 3.27. The van der Waals surface area contributed by atoms with E-state index in [0.717, 1.165) is 11.1 Å². The molecule has 0 saturated carbocycles. The molecule has 0 heterocycles. The highest BCUT2D eigenvalue weighted by atomic mass is 16.5. The van der Waals surface area contributed by atoms with Gasteiger partial charge in [0.1, 0.15) is 11.5 Å². The minimum absolute atomic E-state index is 0.573. The van der Waals surface area contributed by atoms with Gasteiger partial charge in [-0.1, -0.05) is 30.4 Å². The van der Waals surface area contributed by atoms with Crippen LogP contribution in [-0.2, 0) is 0 Å². The van der Waals surface area contributed by atoms with Crippen molar-refractivity contribution in [3.8, 4) is 11.5 Å². The highest BCUT2D eigenvalue weighted by Gasteiger charge is 1.99. The van der Waals surface area contributed by atoms with Gasteiger partial charge in [0.2, 0.25) is 0 Å². The molecule has 0 N–H and O–H groups in total. The first-order valence-electron chi connectivity index (χ1n) is 6.43. The number of ether oxygens (including phenoxy) is 1. The Bertz CT molecular complexity index is 611. The van der Waals surface area contributed by atoms with Gasteiger partial charge in [-0.2, -0.15) is 0 Å². The maximum absolute atomic E-state index is 5.21. The highest BCUT2D eigenvalue weighted by molar-refractivity contribution is 6.00. The van der Waals surface area contributed by atoms with Crippen molar-refractivity contribution in [2.45, 2.75) is 13.8 Å². The van der Waals surface area contributed by atoms with Crippen molar-refractivity contribution in [2.24, 2.45) is 0 Å². The summed E-state index contributed by atoms with van der Waals surface area (Å²) in [5.41, 5.74) is 4.71. The number of rotatable bonds is 4. The predicted octanol–water partition coefficient (Wildman–Crippen LogP) is 3.94. The van der Waals surface area contributed by atoms with E-state index in [1.54, 1.807) is 13.2 Å². The Morgan fingerprint density at radius 3 is 2.20 bits per heavy atom. The van der Waals surface area contributed by atoms with E-state index in [9.17, 15) is 0 Å². The largest absolute Gasteiger partial charge is 0.568 e. The summed E-state index contributed by atoms with van der Waals surface area (Å²) in [5.74, 6) is 1.29. The summed E-state index contributed by atoms with van der Waals surface area (Å²) in [5, 5.41) is 0. The van der Waals surface area contributed by atoms with Crippen LogP contribution in [0.2, 0.25) is 0 Å². The van der Waals surface area contributed by atoms with E-state index >= 15 is 0 Å². The van der Waals surface area contributed by atoms with E-state index in [2.05, 4.69) is 38.1 Å². The lowest BCUT2D eigenvalue weighted by Gasteiger charge is -2.06. The number of methoxy groups -OCH3 is 1. The lowest BCUT2D eigenvalue weighted by Crippen LogP contribution is -1.89. The molecule has 0 spiro atoms. The average Bonchev–Trinajstić information content (AvgIpc) is 2.48. The smallest absolute Gasteiger partial charge is 0.374 e. The van der Waals surface area contributed by atoms with Crippen LogP contribution >= 0.6 is 0 Å². The molecule has 0 bridgehead atoms. The van der Waals surface area contributed by atoms with Gasteiger partial charge in [0, 0.05) is 6.07 Å². The summed E-state index contributed by atoms with van der Waals surface area (Å²) in [6, 6.07) is 11.9. The molecule has 0 amide bonds. The van der Waals surface area contributed by atoms with E-state index in [4.69, 9.17) is 17.4 Å². The molecule has 0 fully saturated rings. The quantitative estimate of drug-likeness (QED) is 0.615. The fraction of sp³-hybridized carbons (Fsp3) is 0.176. The van der Waals surface area contributed by atoms with Crippen LogP contribution in [0.5, 0.6) is 11.5 Å². The second-order valence-electron chi connectivity index (χ2n) is 4.74. The summed E-state index contributed by atoms with van der Waals surface area (Å²) in [6.45, 7) is 4.22. The Labute approximate surface area is 121 Å². The molecule has 2 rings (SSSR count). The van der Waals surface area contributed by atoms with E-state index in [-0.39, 0.29) is 0 Å². The normalized spacial score (nSPS) is 10.8. The van der Waals surface area contributed by atoms with Gasteiger partial charge in [0.15, 0.2) is 0 Å². The number of benzene rings is 2. The Kier molecular flexibility index (Phi) is 4.51. The van der Waals surface area contributed by atoms with Crippen molar-refractivity contribution in [1.29, 1.82) is 0 Å². The van der Waals surface area contributed by atoms with Crippen LogP contribution in [0.4, 0.5) is 0 Å². The molecule has 0 aromatic heterocycles. The predicted molar refractivity (Wildman–Crippen MR) is 84.2 cm³/mol. The molecule has 0 unspecified atom stereocenters. The van der Waals surface area contributed by atoms with Crippen molar-refractivity contribution in [3.05, 3.63) is 58.7 Å². The first-order valence-corrected chi connectivity index (χ1v) is 6.43. The molecular weight excluding hydrogens is 247 g/mol. The monoisotopic (exact) mass is 264 g/mol. The van der Waals surface area contributed by atoms with Crippen LogP contribution in [0, 0.1) is 13.8 Å². The molecule has 0 aliphatic rings. The number of hydrogen-bond acceptors (Lipinski definition) is 2. The summed E-state index contributed by atoms with van der Waals surface area (Å²) < 4.78 is 9.99. The highest BCUT2D eigenvalue weighted by Crippen LogP contribution is 2.24. The van der Waals surface area contributed by atoms with E-state index in [1.165, 1.54) is 11.1 Å². The zero-order valence-electron chi connectivity index (χ0n) is 12.0. The van der Waals surface area contributed by atoms with Crippen LogP contribution < -0.4 is 9.39 Å². The SMILES string of the molecule is [B]Oc1cc(/C=C/c2ccc(C)c(C)c2)cc(OC)c1. The summed E-state index contributed by atoms with van der Waals surface area (Å²) in [6.07, 6.45) is 4.07. The molecule has 2 aromatic rings. The summed E-state index contributed by atoms with van der Waals surface area (Å²) >= 11 is 0. The molecule has 2 nitrogen and oxygen atoms in total. The maximum Gasteiger partial charge on any atom is 0.374 e. The minimum Gasteiger partial charge on any atom is -0.568 e. The number of hydrogen-bond donors (Lipinski definition) is 0.